The number of aliphatic hydroxyl groups excluding tert-OH is 1. The van der Waals surface area contributed by atoms with Crippen molar-refractivity contribution >= 4 is 5.97 Å². The second-order valence-corrected chi connectivity index (χ2v) is 7.99. The topological polar surface area (TPSA) is 74.2 Å². The number of hydrogen-bond donors (Lipinski definition) is 1. The summed E-state index contributed by atoms with van der Waals surface area (Å²) in [5, 5.41) is 10.8. The Morgan fingerprint density at radius 3 is 2.37 bits per heavy atom. The number of esters is 1. The van der Waals surface area contributed by atoms with E-state index in [9.17, 15) is 9.90 Å². The first-order valence-electron chi connectivity index (χ1n) is 9.41. The molecule has 0 saturated carbocycles. The van der Waals surface area contributed by atoms with E-state index in [0.717, 1.165) is 24.0 Å². The number of fused-ring (bicyclic) bond motifs is 1. The van der Waals surface area contributed by atoms with Gasteiger partial charge in [-0.15, -0.1) is 0 Å². The Bertz CT molecular complexity index is 662. The van der Waals surface area contributed by atoms with Crippen LogP contribution in [0.5, 0.6) is 17.2 Å². The van der Waals surface area contributed by atoms with Gasteiger partial charge in [0.1, 0.15) is 5.60 Å². The highest BCUT2D eigenvalue weighted by molar-refractivity contribution is 5.69. The summed E-state index contributed by atoms with van der Waals surface area (Å²) in [6.45, 7) is 5.60. The first-order chi connectivity index (χ1) is 12.7. The molecule has 27 heavy (non-hydrogen) atoms. The summed E-state index contributed by atoms with van der Waals surface area (Å²) in [7, 11) is 4.73. The van der Waals surface area contributed by atoms with E-state index in [1.165, 1.54) is 0 Å². The number of rotatable bonds is 6. The summed E-state index contributed by atoms with van der Waals surface area (Å²) >= 11 is 0. The lowest BCUT2D eigenvalue weighted by Crippen LogP contribution is -2.24. The molecular formula is C21H32O6. The molecule has 0 radical (unpaired) electrons. The Hall–Kier alpha value is -1.95. The largest absolute Gasteiger partial charge is 0.493 e. The fraction of sp³-hybridized carbons (Fsp3) is 0.667. The van der Waals surface area contributed by atoms with Crippen molar-refractivity contribution in [2.75, 3.05) is 21.3 Å². The van der Waals surface area contributed by atoms with Crippen molar-refractivity contribution in [1.29, 1.82) is 0 Å². The number of aliphatic hydroxyl groups is 1. The van der Waals surface area contributed by atoms with Gasteiger partial charge in [-0.3, -0.25) is 4.79 Å². The van der Waals surface area contributed by atoms with Crippen molar-refractivity contribution in [2.24, 2.45) is 5.92 Å². The molecule has 2 rings (SSSR count). The van der Waals surface area contributed by atoms with E-state index < -0.39 is 11.7 Å². The van der Waals surface area contributed by atoms with Crippen molar-refractivity contribution in [3.8, 4) is 17.2 Å². The van der Waals surface area contributed by atoms with E-state index >= 15 is 0 Å². The first kappa shape index (κ1) is 21.4. The second kappa shape index (κ2) is 8.83. The Kier molecular flexibility index (Phi) is 6.98. The maximum Gasteiger partial charge on any atom is 0.306 e. The van der Waals surface area contributed by atoms with Gasteiger partial charge in [-0.25, -0.2) is 0 Å². The van der Waals surface area contributed by atoms with Crippen LogP contribution in [-0.4, -0.2) is 38.0 Å². The van der Waals surface area contributed by atoms with Gasteiger partial charge in [-0.2, -0.15) is 0 Å². The van der Waals surface area contributed by atoms with Gasteiger partial charge in [0.05, 0.1) is 27.4 Å². The molecule has 0 amide bonds. The van der Waals surface area contributed by atoms with E-state index in [1.54, 1.807) is 21.3 Å². The minimum absolute atomic E-state index is 0.195. The van der Waals surface area contributed by atoms with Crippen LogP contribution in [0.1, 0.15) is 63.7 Å². The second-order valence-electron chi connectivity index (χ2n) is 7.99. The lowest BCUT2D eigenvalue weighted by molar-refractivity contribution is -0.155. The van der Waals surface area contributed by atoms with Gasteiger partial charge in [0.2, 0.25) is 5.75 Å². The molecule has 0 aliphatic heterocycles. The molecule has 0 aromatic heterocycles. The van der Waals surface area contributed by atoms with Crippen molar-refractivity contribution in [1.82, 2.24) is 0 Å². The normalized spacial score (nSPS) is 19.7. The fourth-order valence-electron chi connectivity index (χ4n) is 3.68. The molecule has 1 aliphatic rings. The van der Waals surface area contributed by atoms with Crippen molar-refractivity contribution in [3.05, 3.63) is 17.2 Å². The molecule has 6 nitrogen and oxygen atoms in total. The lowest BCUT2D eigenvalue weighted by atomic mass is 9.93. The molecule has 0 heterocycles. The summed E-state index contributed by atoms with van der Waals surface area (Å²) in [6.07, 6.45) is 2.60. The zero-order valence-electron chi connectivity index (χ0n) is 17.3. The molecule has 152 valence electrons. The lowest BCUT2D eigenvalue weighted by Gasteiger charge is -2.21. The van der Waals surface area contributed by atoms with E-state index in [1.807, 2.05) is 26.8 Å². The van der Waals surface area contributed by atoms with E-state index in [4.69, 9.17) is 18.9 Å². The maximum atomic E-state index is 12.0. The monoisotopic (exact) mass is 380 g/mol. The predicted octanol–water partition coefficient (Wildman–Crippen LogP) is 3.82. The third-order valence-electron chi connectivity index (χ3n) is 4.86. The van der Waals surface area contributed by atoms with Gasteiger partial charge in [0.25, 0.3) is 0 Å². The molecule has 1 aromatic rings. The molecule has 1 aliphatic carbocycles. The summed E-state index contributed by atoms with van der Waals surface area (Å²) in [5.74, 6) is 1.72. The number of hydrogen-bond acceptors (Lipinski definition) is 6. The van der Waals surface area contributed by atoms with Crippen LogP contribution in [0.4, 0.5) is 0 Å². The highest BCUT2D eigenvalue weighted by atomic mass is 16.6. The van der Waals surface area contributed by atoms with Crippen LogP contribution in [-0.2, 0) is 16.0 Å². The van der Waals surface area contributed by atoms with Gasteiger partial charge in [0, 0.05) is 12.0 Å². The van der Waals surface area contributed by atoms with Crippen LogP contribution in [0.15, 0.2) is 6.07 Å². The number of carbonyl (C=O) groups excluding carboxylic acids is 1. The fourth-order valence-corrected chi connectivity index (χ4v) is 3.68. The quantitative estimate of drug-likeness (QED) is 0.597. The first-order valence-corrected chi connectivity index (χ1v) is 9.41. The molecule has 6 heteroatoms. The van der Waals surface area contributed by atoms with Gasteiger partial charge >= 0.3 is 5.97 Å². The number of carbonyl (C=O) groups is 1. The summed E-state index contributed by atoms with van der Waals surface area (Å²) < 4.78 is 21.8. The van der Waals surface area contributed by atoms with E-state index in [-0.39, 0.29) is 11.9 Å². The van der Waals surface area contributed by atoms with Crippen LogP contribution < -0.4 is 14.2 Å². The number of ether oxygens (including phenoxy) is 4. The SMILES string of the molecule is COc1cc2c(c(OC)c1OC)CC[C@@H](CCC(=O)OC(C)(C)C)CC2O. The van der Waals surface area contributed by atoms with Crippen molar-refractivity contribution in [2.45, 2.75) is 64.6 Å². The van der Waals surface area contributed by atoms with Gasteiger partial charge in [0.15, 0.2) is 11.5 Å². The molecule has 1 aromatic carbocycles. The van der Waals surface area contributed by atoms with E-state index in [0.29, 0.717) is 36.5 Å². The van der Waals surface area contributed by atoms with Crippen molar-refractivity contribution in [3.63, 3.8) is 0 Å². The minimum Gasteiger partial charge on any atom is -0.493 e. The molecule has 0 saturated heterocycles. The summed E-state index contributed by atoms with van der Waals surface area (Å²) in [6, 6.07) is 1.83. The Balaban J connectivity index is 2.16. The third-order valence-corrected chi connectivity index (χ3v) is 4.86. The minimum atomic E-state index is -0.639. The predicted molar refractivity (Wildman–Crippen MR) is 103 cm³/mol. The Labute approximate surface area is 161 Å². The third kappa shape index (κ3) is 5.28. The highest BCUT2D eigenvalue weighted by Gasteiger charge is 2.29. The van der Waals surface area contributed by atoms with Crippen LogP contribution in [0.2, 0.25) is 0 Å². The summed E-state index contributed by atoms with van der Waals surface area (Å²) in [5.41, 5.74) is 1.28. The molecular weight excluding hydrogens is 348 g/mol. The molecule has 0 fully saturated rings. The zero-order chi connectivity index (χ0) is 20.2. The number of methoxy groups -OCH3 is 3. The van der Waals surface area contributed by atoms with E-state index in [2.05, 4.69) is 0 Å². The van der Waals surface area contributed by atoms with Gasteiger partial charge in [-0.1, -0.05) is 0 Å². The molecule has 1 unspecified atom stereocenters. The number of benzene rings is 1. The molecule has 0 bridgehead atoms. The van der Waals surface area contributed by atoms with Crippen LogP contribution in [0.25, 0.3) is 0 Å². The Morgan fingerprint density at radius 1 is 1.15 bits per heavy atom. The van der Waals surface area contributed by atoms with Crippen molar-refractivity contribution < 1.29 is 28.8 Å². The average molecular weight is 380 g/mol. The van der Waals surface area contributed by atoms with Gasteiger partial charge in [-0.05, 0) is 64.0 Å². The van der Waals surface area contributed by atoms with Crippen LogP contribution in [0, 0.1) is 5.92 Å². The highest BCUT2D eigenvalue weighted by Crippen LogP contribution is 2.47. The maximum absolute atomic E-state index is 12.0. The zero-order valence-corrected chi connectivity index (χ0v) is 17.3. The summed E-state index contributed by atoms with van der Waals surface area (Å²) in [4.78, 5) is 12.0. The molecule has 0 spiro atoms. The smallest absolute Gasteiger partial charge is 0.306 e. The Morgan fingerprint density at radius 2 is 1.81 bits per heavy atom. The van der Waals surface area contributed by atoms with Crippen LogP contribution >= 0.6 is 0 Å². The average Bonchev–Trinajstić information content (AvgIpc) is 2.75. The van der Waals surface area contributed by atoms with Gasteiger partial charge < -0.3 is 24.1 Å². The van der Waals surface area contributed by atoms with Crippen LogP contribution in [0.3, 0.4) is 0 Å². The molecule has 1 N–H and O–H groups in total. The molecule has 2 atom stereocenters. The standard InChI is InChI=1S/C21H32O6/c1-21(2,3)27-18(23)10-8-13-7-9-14-15(16(22)11-13)12-17(24-4)20(26-6)19(14)25-5/h12-13,16,22H,7-11H2,1-6H3/t13-,16?/m0/s1.